The Balaban J connectivity index is 2.46. The number of rotatable bonds is 4. The summed E-state index contributed by atoms with van der Waals surface area (Å²) in [6, 6.07) is 6.57. The second kappa shape index (κ2) is 5.90. The Bertz CT molecular complexity index is 357. The van der Waals surface area contributed by atoms with Crippen LogP contribution < -0.4 is 5.32 Å². The molecule has 0 aliphatic rings. The van der Waals surface area contributed by atoms with Crippen LogP contribution in [0.4, 0.5) is 10.5 Å². The van der Waals surface area contributed by atoms with E-state index in [2.05, 4.69) is 5.32 Å². The van der Waals surface area contributed by atoms with Gasteiger partial charge >= 0.3 is 6.09 Å². The van der Waals surface area contributed by atoms with Crippen molar-refractivity contribution in [3.8, 4) is 0 Å². The van der Waals surface area contributed by atoms with Gasteiger partial charge in [0, 0.05) is 11.3 Å². The van der Waals surface area contributed by atoms with Gasteiger partial charge in [-0.3, -0.25) is 10.1 Å². The van der Waals surface area contributed by atoms with E-state index in [1.54, 1.807) is 24.3 Å². The molecule has 1 amide bonds. The number of carbonyl (C=O) groups excluding carboxylic acids is 2. The van der Waals surface area contributed by atoms with Gasteiger partial charge in [0.25, 0.3) is 0 Å². The fraction of sp³-hybridized carbons (Fsp3) is 0.333. The monoisotopic (exact) mass is 221 g/mol. The Morgan fingerprint density at radius 3 is 2.50 bits per heavy atom. The average Bonchev–Trinajstić information content (AvgIpc) is 2.27. The molecule has 4 nitrogen and oxygen atoms in total. The van der Waals surface area contributed by atoms with E-state index in [-0.39, 0.29) is 0 Å². The molecule has 0 radical (unpaired) electrons. The van der Waals surface area contributed by atoms with Gasteiger partial charge in [-0.25, -0.2) is 4.79 Å². The summed E-state index contributed by atoms with van der Waals surface area (Å²) in [6.07, 6.45) is 0.272. The van der Waals surface area contributed by atoms with Gasteiger partial charge in [-0.05, 0) is 30.2 Å². The molecule has 16 heavy (non-hydrogen) atoms. The molecule has 0 bridgehead atoms. The third kappa shape index (κ3) is 4.13. The van der Waals surface area contributed by atoms with Gasteiger partial charge < -0.3 is 4.74 Å². The molecule has 0 atom stereocenters. The molecule has 0 spiro atoms. The molecule has 0 heterocycles. The van der Waals surface area contributed by atoms with Crippen LogP contribution in [0.15, 0.2) is 24.3 Å². The van der Waals surface area contributed by atoms with Crippen molar-refractivity contribution in [1.29, 1.82) is 0 Å². The number of nitrogens with one attached hydrogen (secondary N) is 1. The fourth-order valence-corrected chi connectivity index (χ4v) is 1.04. The van der Waals surface area contributed by atoms with Crippen LogP contribution in [0.3, 0.4) is 0 Å². The quantitative estimate of drug-likeness (QED) is 0.795. The fourth-order valence-electron chi connectivity index (χ4n) is 1.04. The number of amides is 1. The molecule has 0 aliphatic carbocycles. The van der Waals surface area contributed by atoms with Crippen LogP contribution >= 0.6 is 0 Å². The van der Waals surface area contributed by atoms with Crippen molar-refractivity contribution in [3.63, 3.8) is 0 Å². The molecule has 0 saturated heterocycles. The lowest BCUT2D eigenvalue weighted by molar-refractivity contribution is 0.112. The summed E-state index contributed by atoms with van der Waals surface area (Å²) in [5, 5.41) is 2.57. The number of anilines is 1. The minimum atomic E-state index is -0.479. The summed E-state index contributed by atoms with van der Waals surface area (Å²) < 4.78 is 4.94. The molecule has 86 valence electrons. The van der Waals surface area contributed by atoms with E-state index in [9.17, 15) is 9.59 Å². The number of benzene rings is 1. The average molecular weight is 221 g/mol. The molecule has 0 fully saturated rings. The normalized spacial score (nSPS) is 9.94. The summed E-state index contributed by atoms with van der Waals surface area (Å²) in [4.78, 5) is 21.7. The van der Waals surface area contributed by atoms with Crippen molar-refractivity contribution in [3.05, 3.63) is 29.8 Å². The number of aldehydes is 1. The van der Waals surface area contributed by atoms with Gasteiger partial charge in [-0.1, -0.05) is 13.8 Å². The SMILES string of the molecule is CC(C)COC(=O)Nc1ccc(C=O)cc1. The predicted molar refractivity (Wildman–Crippen MR) is 61.6 cm³/mol. The molecule has 0 unspecified atom stereocenters. The minimum Gasteiger partial charge on any atom is -0.449 e. The van der Waals surface area contributed by atoms with Crippen molar-refractivity contribution < 1.29 is 14.3 Å². The molecule has 0 aliphatic heterocycles. The summed E-state index contributed by atoms with van der Waals surface area (Å²) in [5.74, 6) is 0.309. The predicted octanol–water partition coefficient (Wildman–Crippen LogP) is 2.70. The Hall–Kier alpha value is -1.84. The molecular weight excluding hydrogens is 206 g/mol. The molecule has 1 N–H and O–H groups in total. The van der Waals surface area contributed by atoms with Gasteiger partial charge in [0.05, 0.1) is 6.61 Å². The van der Waals surface area contributed by atoms with Crippen LogP contribution in [-0.2, 0) is 4.74 Å². The molecule has 1 aromatic carbocycles. The lowest BCUT2D eigenvalue weighted by atomic mass is 10.2. The van der Waals surface area contributed by atoms with E-state index >= 15 is 0 Å². The van der Waals surface area contributed by atoms with Gasteiger partial charge in [0.2, 0.25) is 0 Å². The minimum absolute atomic E-state index is 0.309. The van der Waals surface area contributed by atoms with Crippen LogP contribution in [0.1, 0.15) is 24.2 Å². The molecular formula is C12H15NO3. The first-order chi connectivity index (χ1) is 7.61. The maximum Gasteiger partial charge on any atom is 0.411 e. The Kier molecular flexibility index (Phi) is 4.51. The smallest absolute Gasteiger partial charge is 0.411 e. The lowest BCUT2D eigenvalue weighted by Gasteiger charge is -2.08. The van der Waals surface area contributed by atoms with Crippen molar-refractivity contribution in [1.82, 2.24) is 0 Å². The van der Waals surface area contributed by atoms with Crippen LogP contribution in [0.2, 0.25) is 0 Å². The van der Waals surface area contributed by atoms with Crippen molar-refractivity contribution in [2.24, 2.45) is 5.92 Å². The molecule has 4 heteroatoms. The standard InChI is InChI=1S/C12H15NO3/c1-9(2)8-16-12(15)13-11-5-3-10(7-14)4-6-11/h3-7,9H,8H2,1-2H3,(H,13,15). The third-order valence-electron chi connectivity index (χ3n) is 1.84. The van der Waals surface area contributed by atoms with Gasteiger partial charge in [0.15, 0.2) is 0 Å². The van der Waals surface area contributed by atoms with Crippen LogP contribution in [0.25, 0.3) is 0 Å². The van der Waals surface area contributed by atoms with E-state index in [0.29, 0.717) is 23.8 Å². The first kappa shape index (κ1) is 12.2. The van der Waals surface area contributed by atoms with Gasteiger partial charge in [-0.2, -0.15) is 0 Å². The van der Waals surface area contributed by atoms with Gasteiger partial charge in [0.1, 0.15) is 6.29 Å². The Morgan fingerprint density at radius 1 is 1.38 bits per heavy atom. The number of hydrogen-bond acceptors (Lipinski definition) is 3. The molecule has 0 saturated carbocycles. The highest BCUT2D eigenvalue weighted by Gasteiger charge is 2.04. The van der Waals surface area contributed by atoms with Crippen molar-refractivity contribution >= 4 is 18.1 Å². The zero-order valence-corrected chi connectivity index (χ0v) is 9.40. The largest absolute Gasteiger partial charge is 0.449 e. The molecule has 1 rings (SSSR count). The molecule has 1 aromatic rings. The summed E-state index contributed by atoms with van der Waals surface area (Å²) >= 11 is 0. The zero-order valence-electron chi connectivity index (χ0n) is 9.40. The number of hydrogen-bond donors (Lipinski definition) is 1. The van der Waals surface area contributed by atoms with E-state index in [4.69, 9.17) is 4.74 Å². The summed E-state index contributed by atoms with van der Waals surface area (Å²) in [5.41, 5.74) is 1.18. The van der Waals surface area contributed by atoms with Crippen LogP contribution in [0.5, 0.6) is 0 Å². The first-order valence-electron chi connectivity index (χ1n) is 5.11. The lowest BCUT2D eigenvalue weighted by Crippen LogP contribution is -2.16. The number of ether oxygens (including phenoxy) is 1. The second-order valence-corrected chi connectivity index (χ2v) is 3.86. The Morgan fingerprint density at radius 2 is 2.00 bits per heavy atom. The highest BCUT2D eigenvalue weighted by molar-refractivity contribution is 5.85. The second-order valence-electron chi connectivity index (χ2n) is 3.86. The summed E-state index contributed by atoms with van der Waals surface area (Å²) in [7, 11) is 0. The third-order valence-corrected chi connectivity index (χ3v) is 1.84. The van der Waals surface area contributed by atoms with E-state index < -0.39 is 6.09 Å². The van der Waals surface area contributed by atoms with Crippen molar-refractivity contribution in [2.75, 3.05) is 11.9 Å². The topological polar surface area (TPSA) is 55.4 Å². The van der Waals surface area contributed by atoms with Crippen LogP contribution in [0, 0.1) is 5.92 Å². The summed E-state index contributed by atoms with van der Waals surface area (Å²) in [6.45, 7) is 4.32. The maximum atomic E-state index is 11.3. The Labute approximate surface area is 94.6 Å². The first-order valence-corrected chi connectivity index (χ1v) is 5.11. The van der Waals surface area contributed by atoms with Gasteiger partial charge in [-0.15, -0.1) is 0 Å². The van der Waals surface area contributed by atoms with E-state index in [1.165, 1.54) is 0 Å². The number of carbonyl (C=O) groups is 2. The van der Waals surface area contributed by atoms with Crippen molar-refractivity contribution in [2.45, 2.75) is 13.8 Å². The maximum absolute atomic E-state index is 11.3. The highest BCUT2D eigenvalue weighted by atomic mass is 16.5. The van der Waals surface area contributed by atoms with E-state index in [1.807, 2.05) is 13.8 Å². The highest BCUT2D eigenvalue weighted by Crippen LogP contribution is 2.08. The van der Waals surface area contributed by atoms with E-state index in [0.717, 1.165) is 6.29 Å². The molecule has 0 aromatic heterocycles. The van der Waals surface area contributed by atoms with Crippen LogP contribution in [-0.4, -0.2) is 19.0 Å². The zero-order chi connectivity index (χ0) is 12.0.